The van der Waals surface area contributed by atoms with Crippen molar-refractivity contribution in [3.63, 3.8) is 0 Å². The molecule has 0 bridgehead atoms. The molecule has 1 aliphatic rings. The van der Waals surface area contributed by atoms with Gasteiger partial charge in [-0.3, -0.25) is 0 Å². The molecule has 0 aromatic heterocycles. The van der Waals surface area contributed by atoms with Gasteiger partial charge in [-0.2, -0.15) is 0 Å². The van der Waals surface area contributed by atoms with Crippen molar-refractivity contribution in [1.82, 2.24) is 5.32 Å². The highest BCUT2D eigenvalue weighted by atomic mass is 35.5. The first-order valence-electron chi connectivity index (χ1n) is 7.85. The minimum atomic E-state index is 0.0599. The zero-order valence-electron chi connectivity index (χ0n) is 13.1. The summed E-state index contributed by atoms with van der Waals surface area (Å²) in [7, 11) is 0. The number of hydrogen-bond donors (Lipinski definition) is 1. The monoisotopic (exact) mass is 311 g/mol. The van der Waals surface area contributed by atoms with Crippen LogP contribution in [0.1, 0.15) is 45.3 Å². The third kappa shape index (κ3) is 5.26. The van der Waals surface area contributed by atoms with Gasteiger partial charge < -0.3 is 14.8 Å². The Morgan fingerprint density at radius 3 is 2.43 bits per heavy atom. The second-order valence-electron chi connectivity index (χ2n) is 5.83. The average molecular weight is 312 g/mol. The number of likely N-dealkylation sites (N-methyl/N-ethyl adjacent to an activating group) is 1. The van der Waals surface area contributed by atoms with Crippen LogP contribution in [0.3, 0.4) is 0 Å². The van der Waals surface area contributed by atoms with Crippen molar-refractivity contribution >= 4 is 11.6 Å². The quantitative estimate of drug-likeness (QED) is 0.862. The molecule has 3 nitrogen and oxygen atoms in total. The molecule has 0 amide bonds. The maximum absolute atomic E-state index is 6.37. The summed E-state index contributed by atoms with van der Waals surface area (Å²) in [4.78, 5) is 0. The molecule has 1 N–H and O–H groups in total. The topological polar surface area (TPSA) is 30.5 Å². The van der Waals surface area contributed by atoms with Crippen LogP contribution in [0.15, 0.2) is 24.3 Å². The lowest BCUT2D eigenvalue weighted by atomic mass is 10.0. The van der Waals surface area contributed by atoms with E-state index in [0.717, 1.165) is 31.0 Å². The zero-order chi connectivity index (χ0) is 15.2. The Kier molecular flexibility index (Phi) is 6.49. The lowest BCUT2D eigenvalue weighted by molar-refractivity contribution is -0.122. The maximum atomic E-state index is 6.37. The van der Waals surface area contributed by atoms with E-state index in [1.807, 2.05) is 12.1 Å². The lowest BCUT2D eigenvalue weighted by Gasteiger charge is -2.34. The molecule has 1 fully saturated rings. The third-order valence-corrected chi connectivity index (χ3v) is 4.08. The summed E-state index contributed by atoms with van der Waals surface area (Å²) in [6, 6.07) is 7.95. The van der Waals surface area contributed by atoms with Gasteiger partial charge in [0.15, 0.2) is 0 Å². The van der Waals surface area contributed by atoms with Gasteiger partial charge in [0.05, 0.1) is 24.4 Å². The van der Waals surface area contributed by atoms with E-state index in [9.17, 15) is 0 Å². The molecule has 0 saturated carbocycles. The fourth-order valence-electron chi connectivity index (χ4n) is 2.89. The van der Waals surface area contributed by atoms with Gasteiger partial charge in [-0.05, 0) is 50.9 Å². The van der Waals surface area contributed by atoms with Crippen LogP contribution in [0.2, 0.25) is 5.02 Å². The van der Waals surface area contributed by atoms with E-state index < -0.39 is 0 Å². The number of hydrogen-bond acceptors (Lipinski definition) is 3. The van der Waals surface area contributed by atoms with Crippen molar-refractivity contribution in [3.05, 3.63) is 34.9 Å². The molecule has 118 valence electrons. The molecule has 3 atom stereocenters. The minimum absolute atomic E-state index is 0.0599. The summed E-state index contributed by atoms with van der Waals surface area (Å²) in [5.74, 6) is 0. The summed E-state index contributed by atoms with van der Waals surface area (Å²) in [6.07, 6.45) is 2.77. The predicted molar refractivity (Wildman–Crippen MR) is 86.9 cm³/mol. The van der Waals surface area contributed by atoms with Crippen molar-refractivity contribution in [1.29, 1.82) is 0 Å². The number of ether oxygens (including phenoxy) is 2. The Bertz CT molecular complexity index is 413. The summed E-state index contributed by atoms with van der Waals surface area (Å²) in [6.45, 7) is 8.10. The molecule has 1 saturated heterocycles. The Hall–Kier alpha value is -0.610. The van der Waals surface area contributed by atoms with E-state index in [2.05, 4.69) is 38.2 Å². The first-order chi connectivity index (χ1) is 10.1. The van der Waals surface area contributed by atoms with Crippen LogP contribution in [-0.2, 0) is 9.47 Å². The van der Waals surface area contributed by atoms with Crippen LogP contribution >= 0.6 is 11.6 Å². The molecule has 1 aromatic rings. The molecule has 2 rings (SSSR count). The van der Waals surface area contributed by atoms with E-state index in [0.29, 0.717) is 0 Å². The lowest BCUT2D eigenvalue weighted by Crippen LogP contribution is -2.36. The van der Waals surface area contributed by atoms with Gasteiger partial charge in [-0.1, -0.05) is 30.7 Å². The molecule has 21 heavy (non-hydrogen) atoms. The first kappa shape index (κ1) is 16.8. The molecule has 1 aromatic carbocycles. The van der Waals surface area contributed by atoms with Crippen molar-refractivity contribution < 1.29 is 9.47 Å². The Labute approximate surface area is 133 Å². The Morgan fingerprint density at radius 1 is 1.24 bits per heavy atom. The molecule has 1 heterocycles. The van der Waals surface area contributed by atoms with E-state index >= 15 is 0 Å². The summed E-state index contributed by atoms with van der Waals surface area (Å²) in [5.41, 5.74) is 1.17. The van der Waals surface area contributed by atoms with Gasteiger partial charge >= 0.3 is 0 Å². The van der Waals surface area contributed by atoms with Gasteiger partial charge in [-0.15, -0.1) is 0 Å². The summed E-state index contributed by atoms with van der Waals surface area (Å²) in [5, 5.41) is 4.14. The van der Waals surface area contributed by atoms with Crippen LogP contribution in [0.25, 0.3) is 0 Å². The molecule has 0 spiro atoms. The van der Waals surface area contributed by atoms with Gasteiger partial charge in [0.25, 0.3) is 0 Å². The van der Waals surface area contributed by atoms with Crippen molar-refractivity contribution in [2.45, 2.75) is 58.0 Å². The van der Waals surface area contributed by atoms with Gasteiger partial charge in [-0.25, -0.2) is 0 Å². The minimum Gasteiger partial charge on any atom is -0.375 e. The molecule has 4 heteroatoms. The standard InChI is InChI=1S/C17H26ClNO2/c1-4-19-11-17(14-5-7-15(18)8-6-14)21-16-9-12(2)20-13(3)10-16/h5-8,12-13,16-17,19H,4,9-11H2,1-3H3. The predicted octanol–water partition coefficient (Wildman–Crippen LogP) is 3.96. The van der Waals surface area contributed by atoms with Crippen molar-refractivity contribution in [3.8, 4) is 0 Å². The Balaban J connectivity index is 2.03. The number of nitrogens with one attached hydrogen (secondary N) is 1. The highest BCUT2D eigenvalue weighted by Gasteiger charge is 2.27. The van der Waals surface area contributed by atoms with Gasteiger partial charge in [0.2, 0.25) is 0 Å². The van der Waals surface area contributed by atoms with Gasteiger partial charge in [0.1, 0.15) is 0 Å². The molecule has 0 aliphatic carbocycles. The zero-order valence-corrected chi connectivity index (χ0v) is 13.9. The maximum Gasteiger partial charge on any atom is 0.0953 e. The van der Waals surface area contributed by atoms with Crippen LogP contribution in [0.5, 0.6) is 0 Å². The van der Waals surface area contributed by atoms with Crippen molar-refractivity contribution in [2.75, 3.05) is 13.1 Å². The van der Waals surface area contributed by atoms with Gasteiger partial charge in [0, 0.05) is 11.6 Å². The highest BCUT2D eigenvalue weighted by Crippen LogP contribution is 2.28. The summed E-state index contributed by atoms with van der Waals surface area (Å²) < 4.78 is 12.2. The van der Waals surface area contributed by atoms with E-state index in [-0.39, 0.29) is 24.4 Å². The highest BCUT2D eigenvalue weighted by molar-refractivity contribution is 6.30. The summed E-state index contributed by atoms with van der Waals surface area (Å²) >= 11 is 5.98. The fraction of sp³-hybridized carbons (Fsp3) is 0.647. The second kappa shape index (κ2) is 8.14. The van der Waals surface area contributed by atoms with Crippen LogP contribution in [-0.4, -0.2) is 31.4 Å². The molecule has 0 radical (unpaired) electrons. The average Bonchev–Trinajstić information content (AvgIpc) is 2.43. The largest absolute Gasteiger partial charge is 0.375 e. The first-order valence-corrected chi connectivity index (χ1v) is 8.23. The van der Waals surface area contributed by atoms with E-state index in [4.69, 9.17) is 21.1 Å². The Morgan fingerprint density at radius 2 is 1.86 bits per heavy atom. The normalized spacial score (nSPS) is 27.5. The van der Waals surface area contributed by atoms with Crippen LogP contribution in [0.4, 0.5) is 0 Å². The third-order valence-electron chi connectivity index (χ3n) is 3.83. The molecular formula is C17H26ClNO2. The molecule has 3 unspecified atom stereocenters. The molecular weight excluding hydrogens is 286 g/mol. The number of rotatable bonds is 6. The SMILES string of the molecule is CCNCC(OC1CC(C)OC(C)C1)c1ccc(Cl)cc1. The number of benzene rings is 1. The fourth-order valence-corrected chi connectivity index (χ4v) is 3.01. The second-order valence-corrected chi connectivity index (χ2v) is 6.27. The number of halogens is 1. The van der Waals surface area contributed by atoms with Crippen molar-refractivity contribution in [2.24, 2.45) is 0 Å². The van der Waals surface area contributed by atoms with E-state index in [1.54, 1.807) is 0 Å². The smallest absolute Gasteiger partial charge is 0.0953 e. The van der Waals surface area contributed by atoms with Crippen LogP contribution < -0.4 is 5.32 Å². The molecule has 1 aliphatic heterocycles. The van der Waals surface area contributed by atoms with E-state index in [1.165, 1.54) is 5.56 Å². The van der Waals surface area contributed by atoms with Crippen LogP contribution in [0, 0.1) is 0 Å².